The summed E-state index contributed by atoms with van der Waals surface area (Å²) in [5.41, 5.74) is -0.264. The summed E-state index contributed by atoms with van der Waals surface area (Å²) in [6.45, 7) is 9.86. The molecule has 2 unspecified atom stereocenters. The third-order valence-corrected chi connectivity index (χ3v) is 4.09. The van der Waals surface area contributed by atoms with Crippen LogP contribution in [0.2, 0.25) is 0 Å². The van der Waals surface area contributed by atoms with E-state index in [-0.39, 0.29) is 5.54 Å². The molecule has 0 spiro atoms. The van der Waals surface area contributed by atoms with Gasteiger partial charge in [-0.3, -0.25) is 5.32 Å². The number of hydrogen-bond acceptors (Lipinski definition) is 3. The fourth-order valence-corrected chi connectivity index (χ4v) is 3.11. The van der Waals surface area contributed by atoms with E-state index in [4.69, 9.17) is 0 Å². The molecule has 1 N–H and O–H groups in total. The Morgan fingerprint density at radius 3 is 2.67 bits per heavy atom. The normalized spacial score (nSPS) is 28.3. The van der Waals surface area contributed by atoms with Crippen molar-refractivity contribution in [1.29, 1.82) is 5.26 Å². The van der Waals surface area contributed by atoms with Gasteiger partial charge in [-0.2, -0.15) is 5.26 Å². The minimum atomic E-state index is -0.264. The number of nitrogens with zero attached hydrogens (tertiary/aromatic N) is 2. The van der Waals surface area contributed by atoms with Crippen LogP contribution in [-0.4, -0.2) is 36.1 Å². The van der Waals surface area contributed by atoms with Crippen molar-refractivity contribution in [3.05, 3.63) is 0 Å². The third kappa shape index (κ3) is 3.96. The summed E-state index contributed by atoms with van der Waals surface area (Å²) >= 11 is 0. The molecule has 0 heterocycles. The Morgan fingerprint density at radius 1 is 1.33 bits per heavy atom. The van der Waals surface area contributed by atoms with E-state index in [2.05, 4.69) is 37.1 Å². The van der Waals surface area contributed by atoms with Crippen molar-refractivity contribution in [2.45, 2.75) is 70.9 Å². The zero-order valence-corrected chi connectivity index (χ0v) is 12.3. The first-order valence-electron chi connectivity index (χ1n) is 7.61. The first-order chi connectivity index (χ1) is 8.71. The fourth-order valence-electron chi connectivity index (χ4n) is 3.11. The summed E-state index contributed by atoms with van der Waals surface area (Å²) in [5, 5.41) is 13.0. The van der Waals surface area contributed by atoms with Gasteiger partial charge in [0.1, 0.15) is 5.54 Å². The second kappa shape index (κ2) is 7.76. The SMILES string of the molecule is CCCNC1(C#N)CCCC(N(CC)CCC)C1. The topological polar surface area (TPSA) is 39.1 Å². The molecule has 3 heteroatoms. The van der Waals surface area contributed by atoms with Crippen molar-refractivity contribution in [3.63, 3.8) is 0 Å². The Bertz CT molecular complexity index is 271. The van der Waals surface area contributed by atoms with Crippen LogP contribution in [0.5, 0.6) is 0 Å². The molecule has 0 saturated heterocycles. The summed E-state index contributed by atoms with van der Waals surface area (Å²) in [6, 6.07) is 3.16. The van der Waals surface area contributed by atoms with E-state index >= 15 is 0 Å². The van der Waals surface area contributed by atoms with Crippen molar-refractivity contribution < 1.29 is 0 Å². The second-order valence-corrected chi connectivity index (χ2v) is 5.50. The zero-order valence-electron chi connectivity index (χ0n) is 12.3. The van der Waals surface area contributed by atoms with Crippen LogP contribution in [0.1, 0.15) is 59.3 Å². The van der Waals surface area contributed by atoms with Crippen molar-refractivity contribution in [1.82, 2.24) is 10.2 Å². The van der Waals surface area contributed by atoms with Gasteiger partial charge in [0, 0.05) is 6.04 Å². The van der Waals surface area contributed by atoms with Crippen molar-refractivity contribution in [2.75, 3.05) is 19.6 Å². The lowest BCUT2D eigenvalue weighted by atomic mass is 9.79. The molecule has 1 aliphatic rings. The van der Waals surface area contributed by atoms with Crippen molar-refractivity contribution >= 4 is 0 Å². The Hall–Kier alpha value is -0.590. The van der Waals surface area contributed by atoms with Crippen LogP contribution in [0.4, 0.5) is 0 Å². The molecule has 3 nitrogen and oxygen atoms in total. The van der Waals surface area contributed by atoms with E-state index in [1.54, 1.807) is 0 Å². The first-order valence-corrected chi connectivity index (χ1v) is 7.61. The Morgan fingerprint density at radius 2 is 2.11 bits per heavy atom. The zero-order chi connectivity index (χ0) is 13.4. The average molecular weight is 251 g/mol. The second-order valence-electron chi connectivity index (χ2n) is 5.50. The molecule has 1 saturated carbocycles. The fraction of sp³-hybridized carbons (Fsp3) is 0.933. The van der Waals surface area contributed by atoms with Gasteiger partial charge >= 0.3 is 0 Å². The molecule has 1 rings (SSSR count). The number of rotatable bonds is 7. The summed E-state index contributed by atoms with van der Waals surface area (Å²) in [4.78, 5) is 2.55. The van der Waals surface area contributed by atoms with Gasteiger partial charge in [0.25, 0.3) is 0 Å². The monoisotopic (exact) mass is 251 g/mol. The van der Waals surface area contributed by atoms with Crippen molar-refractivity contribution in [2.24, 2.45) is 0 Å². The lowest BCUT2D eigenvalue weighted by molar-refractivity contribution is 0.125. The van der Waals surface area contributed by atoms with Crippen LogP contribution in [0.15, 0.2) is 0 Å². The molecule has 0 aromatic rings. The third-order valence-electron chi connectivity index (χ3n) is 4.09. The van der Waals surface area contributed by atoms with Gasteiger partial charge < -0.3 is 4.90 Å². The van der Waals surface area contributed by atoms with E-state index in [0.717, 1.165) is 38.9 Å². The molecule has 0 radical (unpaired) electrons. The molecular weight excluding hydrogens is 222 g/mol. The maximum absolute atomic E-state index is 9.54. The lowest BCUT2D eigenvalue weighted by Gasteiger charge is -2.41. The number of hydrogen-bond donors (Lipinski definition) is 1. The molecule has 104 valence electrons. The summed E-state index contributed by atoms with van der Waals surface area (Å²) in [7, 11) is 0. The number of nitriles is 1. The van der Waals surface area contributed by atoms with Gasteiger partial charge in [-0.15, -0.1) is 0 Å². The highest BCUT2D eigenvalue weighted by Gasteiger charge is 2.37. The van der Waals surface area contributed by atoms with Gasteiger partial charge in [-0.05, 0) is 58.2 Å². The quantitative estimate of drug-likeness (QED) is 0.756. The summed E-state index contributed by atoms with van der Waals surface area (Å²) < 4.78 is 0. The van der Waals surface area contributed by atoms with Crippen LogP contribution in [0, 0.1) is 11.3 Å². The van der Waals surface area contributed by atoms with E-state index in [9.17, 15) is 5.26 Å². The summed E-state index contributed by atoms with van der Waals surface area (Å²) in [5.74, 6) is 0. The summed E-state index contributed by atoms with van der Waals surface area (Å²) in [6.07, 6.45) is 6.74. The van der Waals surface area contributed by atoms with Crippen LogP contribution < -0.4 is 5.32 Å². The van der Waals surface area contributed by atoms with Crippen molar-refractivity contribution in [3.8, 4) is 6.07 Å². The standard InChI is InChI=1S/C15H29N3/c1-4-10-17-15(13-16)9-7-8-14(12-15)18(6-3)11-5-2/h14,17H,4-12H2,1-3H3. The van der Waals surface area contributed by atoms with Crippen LogP contribution in [-0.2, 0) is 0 Å². The maximum Gasteiger partial charge on any atom is 0.108 e. The molecule has 2 atom stereocenters. The molecule has 0 bridgehead atoms. The molecule has 0 aromatic carbocycles. The average Bonchev–Trinajstić information content (AvgIpc) is 2.42. The predicted molar refractivity (Wildman–Crippen MR) is 76.4 cm³/mol. The Labute approximate surface area is 113 Å². The van der Waals surface area contributed by atoms with E-state index in [1.165, 1.54) is 19.3 Å². The highest BCUT2D eigenvalue weighted by molar-refractivity contribution is 5.11. The molecule has 1 fully saturated rings. The molecule has 1 aliphatic carbocycles. The lowest BCUT2D eigenvalue weighted by Crippen LogP contribution is -2.53. The predicted octanol–water partition coefficient (Wildman–Crippen LogP) is 2.92. The largest absolute Gasteiger partial charge is 0.301 e. The Balaban J connectivity index is 2.65. The smallest absolute Gasteiger partial charge is 0.108 e. The van der Waals surface area contributed by atoms with E-state index < -0.39 is 0 Å². The molecule has 18 heavy (non-hydrogen) atoms. The highest BCUT2D eigenvalue weighted by Crippen LogP contribution is 2.31. The molecule has 0 aromatic heterocycles. The van der Waals surface area contributed by atoms with Crippen LogP contribution in [0.25, 0.3) is 0 Å². The Kier molecular flexibility index (Phi) is 6.67. The van der Waals surface area contributed by atoms with Gasteiger partial charge in [-0.1, -0.05) is 20.8 Å². The van der Waals surface area contributed by atoms with Gasteiger partial charge in [0.2, 0.25) is 0 Å². The van der Waals surface area contributed by atoms with E-state index in [0.29, 0.717) is 6.04 Å². The minimum absolute atomic E-state index is 0.264. The number of nitrogens with one attached hydrogen (secondary N) is 1. The van der Waals surface area contributed by atoms with Gasteiger partial charge in [0.05, 0.1) is 6.07 Å². The van der Waals surface area contributed by atoms with E-state index in [1.807, 2.05) is 0 Å². The molecular formula is C15H29N3. The maximum atomic E-state index is 9.54. The molecule has 0 amide bonds. The minimum Gasteiger partial charge on any atom is -0.301 e. The highest BCUT2D eigenvalue weighted by atomic mass is 15.2. The van der Waals surface area contributed by atoms with Gasteiger partial charge in [0.15, 0.2) is 0 Å². The molecule has 0 aliphatic heterocycles. The van der Waals surface area contributed by atoms with Crippen LogP contribution >= 0.6 is 0 Å². The van der Waals surface area contributed by atoms with Crippen LogP contribution in [0.3, 0.4) is 0 Å². The first kappa shape index (κ1) is 15.5. The van der Waals surface area contributed by atoms with Gasteiger partial charge in [-0.25, -0.2) is 0 Å².